The molecule has 0 radical (unpaired) electrons. The van der Waals surface area contributed by atoms with E-state index in [0.29, 0.717) is 10.7 Å². The van der Waals surface area contributed by atoms with Gasteiger partial charge in [-0.2, -0.15) is 0 Å². The summed E-state index contributed by atoms with van der Waals surface area (Å²) in [5, 5.41) is 3.90. The molecule has 0 atom stereocenters. The van der Waals surface area contributed by atoms with Crippen molar-refractivity contribution in [3.8, 4) is 5.75 Å². The largest absolute Gasteiger partial charge is 0.494 e. The van der Waals surface area contributed by atoms with Crippen LogP contribution in [0.2, 0.25) is 5.02 Å². The molecule has 0 amide bonds. The van der Waals surface area contributed by atoms with Gasteiger partial charge in [-0.15, -0.1) is 0 Å². The highest BCUT2D eigenvalue weighted by Gasteiger charge is 2.01. The molecular formula is C16H19ClN2O. The Morgan fingerprint density at radius 1 is 1.15 bits per heavy atom. The number of hydrogen-bond donors (Lipinski definition) is 2. The number of rotatable bonds is 6. The normalized spacial score (nSPS) is 10.3. The summed E-state index contributed by atoms with van der Waals surface area (Å²) in [5.74, 6) is 0.878. The van der Waals surface area contributed by atoms with Crippen molar-refractivity contribution in [1.82, 2.24) is 0 Å². The maximum atomic E-state index is 5.96. The number of nitrogen functional groups attached to an aromatic ring is 1. The van der Waals surface area contributed by atoms with Crippen LogP contribution in [0.4, 0.5) is 17.1 Å². The quantitative estimate of drug-likeness (QED) is 0.591. The van der Waals surface area contributed by atoms with Gasteiger partial charge in [0.1, 0.15) is 5.75 Å². The summed E-state index contributed by atoms with van der Waals surface area (Å²) in [6.45, 7) is 2.90. The Kier molecular flexibility index (Phi) is 5.13. The number of halogens is 1. The molecule has 0 aliphatic heterocycles. The van der Waals surface area contributed by atoms with E-state index in [9.17, 15) is 0 Å². The van der Waals surface area contributed by atoms with Crippen LogP contribution < -0.4 is 15.8 Å². The molecule has 0 aromatic heterocycles. The van der Waals surface area contributed by atoms with Crippen molar-refractivity contribution in [2.45, 2.75) is 19.8 Å². The Hall–Kier alpha value is -1.87. The zero-order valence-corrected chi connectivity index (χ0v) is 12.3. The summed E-state index contributed by atoms with van der Waals surface area (Å²) in [6.07, 6.45) is 2.20. The van der Waals surface area contributed by atoms with Crippen molar-refractivity contribution < 1.29 is 4.74 Å². The summed E-state index contributed by atoms with van der Waals surface area (Å²) >= 11 is 5.96. The standard InChI is InChI=1S/C16H19ClN2O/c1-2-3-10-20-14-7-5-13(6-8-14)19-16-11-12(17)4-9-15(16)18/h4-9,11,19H,2-3,10,18H2,1H3. The number of nitrogens with two attached hydrogens (primary N) is 1. The van der Waals surface area contributed by atoms with E-state index in [0.717, 1.165) is 36.6 Å². The van der Waals surface area contributed by atoms with Crippen molar-refractivity contribution in [3.05, 3.63) is 47.5 Å². The van der Waals surface area contributed by atoms with Crippen LogP contribution in [0, 0.1) is 0 Å². The monoisotopic (exact) mass is 290 g/mol. The van der Waals surface area contributed by atoms with Crippen molar-refractivity contribution in [2.24, 2.45) is 0 Å². The SMILES string of the molecule is CCCCOc1ccc(Nc2cc(Cl)ccc2N)cc1. The molecule has 106 valence electrons. The van der Waals surface area contributed by atoms with Gasteiger partial charge in [0.15, 0.2) is 0 Å². The number of benzene rings is 2. The first-order valence-electron chi connectivity index (χ1n) is 6.74. The van der Waals surface area contributed by atoms with E-state index >= 15 is 0 Å². The molecule has 4 heteroatoms. The maximum Gasteiger partial charge on any atom is 0.119 e. The highest BCUT2D eigenvalue weighted by Crippen LogP contribution is 2.27. The van der Waals surface area contributed by atoms with Gasteiger partial charge < -0.3 is 15.8 Å². The van der Waals surface area contributed by atoms with E-state index in [1.165, 1.54) is 0 Å². The second-order valence-electron chi connectivity index (χ2n) is 4.58. The fraction of sp³-hybridized carbons (Fsp3) is 0.250. The first kappa shape index (κ1) is 14.5. The molecule has 0 aliphatic carbocycles. The molecule has 0 aliphatic rings. The van der Waals surface area contributed by atoms with Crippen LogP contribution >= 0.6 is 11.6 Å². The van der Waals surface area contributed by atoms with E-state index in [1.807, 2.05) is 30.3 Å². The van der Waals surface area contributed by atoms with Crippen molar-refractivity contribution in [2.75, 3.05) is 17.7 Å². The Morgan fingerprint density at radius 2 is 1.90 bits per heavy atom. The number of hydrogen-bond acceptors (Lipinski definition) is 3. The molecule has 0 unspecified atom stereocenters. The van der Waals surface area contributed by atoms with Gasteiger partial charge in [0.25, 0.3) is 0 Å². The van der Waals surface area contributed by atoms with Gasteiger partial charge in [0, 0.05) is 10.7 Å². The second-order valence-corrected chi connectivity index (χ2v) is 5.02. The predicted molar refractivity (Wildman–Crippen MR) is 86.0 cm³/mol. The van der Waals surface area contributed by atoms with Gasteiger partial charge >= 0.3 is 0 Å². The van der Waals surface area contributed by atoms with Gasteiger partial charge in [0.2, 0.25) is 0 Å². The van der Waals surface area contributed by atoms with E-state index in [4.69, 9.17) is 22.1 Å². The lowest BCUT2D eigenvalue weighted by Crippen LogP contribution is -1.98. The lowest BCUT2D eigenvalue weighted by atomic mass is 10.2. The van der Waals surface area contributed by atoms with Crippen LogP contribution in [-0.4, -0.2) is 6.61 Å². The lowest BCUT2D eigenvalue weighted by Gasteiger charge is -2.11. The Balaban J connectivity index is 2.01. The van der Waals surface area contributed by atoms with Crippen LogP contribution in [0.3, 0.4) is 0 Å². The van der Waals surface area contributed by atoms with Crippen LogP contribution in [0.25, 0.3) is 0 Å². The molecule has 0 fully saturated rings. The predicted octanol–water partition coefficient (Wildman–Crippen LogP) is 4.84. The number of nitrogens with one attached hydrogen (secondary N) is 1. The lowest BCUT2D eigenvalue weighted by molar-refractivity contribution is 0.309. The minimum absolute atomic E-state index is 0.654. The molecule has 2 rings (SSSR count). The fourth-order valence-corrected chi connectivity index (χ4v) is 1.93. The minimum Gasteiger partial charge on any atom is -0.494 e. The molecule has 3 N–H and O–H groups in total. The van der Waals surface area contributed by atoms with Gasteiger partial charge in [-0.25, -0.2) is 0 Å². The van der Waals surface area contributed by atoms with Crippen LogP contribution in [0.15, 0.2) is 42.5 Å². The first-order chi connectivity index (χ1) is 9.69. The molecule has 2 aromatic rings. The van der Waals surface area contributed by atoms with E-state index in [-0.39, 0.29) is 0 Å². The Bertz CT molecular complexity index is 555. The van der Waals surface area contributed by atoms with E-state index in [2.05, 4.69) is 12.2 Å². The highest BCUT2D eigenvalue weighted by atomic mass is 35.5. The molecule has 3 nitrogen and oxygen atoms in total. The minimum atomic E-state index is 0.654. The highest BCUT2D eigenvalue weighted by molar-refractivity contribution is 6.31. The molecule has 0 heterocycles. The molecule has 20 heavy (non-hydrogen) atoms. The maximum absolute atomic E-state index is 5.96. The topological polar surface area (TPSA) is 47.3 Å². The molecule has 2 aromatic carbocycles. The number of anilines is 3. The fourth-order valence-electron chi connectivity index (χ4n) is 1.76. The molecule has 0 bridgehead atoms. The van der Waals surface area contributed by atoms with Gasteiger partial charge in [-0.1, -0.05) is 24.9 Å². The zero-order chi connectivity index (χ0) is 14.4. The summed E-state index contributed by atoms with van der Waals surface area (Å²) in [5.41, 5.74) is 8.32. The summed E-state index contributed by atoms with van der Waals surface area (Å²) in [4.78, 5) is 0. The smallest absolute Gasteiger partial charge is 0.119 e. The van der Waals surface area contributed by atoms with E-state index < -0.39 is 0 Å². The molecular weight excluding hydrogens is 272 g/mol. The van der Waals surface area contributed by atoms with Gasteiger partial charge in [0.05, 0.1) is 18.0 Å². The van der Waals surface area contributed by atoms with Crippen LogP contribution in [0.5, 0.6) is 5.75 Å². The Morgan fingerprint density at radius 3 is 2.60 bits per heavy atom. The first-order valence-corrected chi connectivity index (χ1v) is 7.11. The molecule has 0 spiro atoms. The third-order valence-corrected chi connectivity index (χ3v) is 3.15. The summed E-state index contributed by atoms with van der Waals surface area (Å²) in [7, 11) is 0. The second kappa shape index (κ2) is 7.06. The van der Waals surface area contributed by atoms with Crippen molar-refractivity contribution in [1.29, 1.82) is 0 Å². The average Bonchev–Trinajstić information content (AvgIpc) is 2.45. The third kappa shape index (κ3) is 4.07. The summed E-state index contributed by atoms with van der Waals surface area (Å²) < 4.78 is 5.62. The Labute approximate surface area is 124 Å². The van der Waals surface area contributed by atoms with Crippen LogP contribution in [0.1, 0.15) is 19.8 Å². The van der Waals surface area contributed by atoms with E-state index in [1.54, 1.807) is 12.1 Å². The third-order valence-electron chi connectivity index (χ3n) is 2.92. The summed E-state index contributed by atoms with van der Waals surface area (Å²) in [6, 6.07) is 13.2. The van der Waals surface area contributed by atoms with Crippen molar-refractivity contribution in [3.63, 3.8) is 0 Å². The molecule has 0 saturated carbocycles. The van der Waals surface area contributed by atoms with Gasteiger partial charge in [-0.05, 0) is 48.9 Å². The van der Waals surface area contributed by atoms with Gasteiger partial charge in [-0.3, -0.25) is 0 Å². The molecule has 0 saturated heterocycles. The number of unbranched alkanes of at least 4 members (excludes halogenated alkanes) is 1. The van der Waals surface area contributed by atoms with Crippen molar-refractivity contribution >= 4 is 28.7 Å². The van der Waals surface area contributed by atoms with Crippen LogP contribution in [-0.2, 0) is 0 Å². The number of ether oxygens (including phenoxy) is 1. The average molecular weight is 291 g/mol. The zero-order valence-electron chi connectivity index (χ0n) is 11.5.